The number of carbonyl (C=O) groups excluding carboxylic acids is 1. The van der Waals surface area contributed by atoms with Gasteiger partial charge >= 0.3 is 0 Å². The van der Waals surface area contributed by atoms with Crippen molar-refractivity contribution in [2.75, 3.05) is 11.9 Å². The molecule has 1 aromatic heterocycles. The van der Waals surface area contributed by atoms with Crippen molar-refractivity contribution in [1.29, 1.82) is 0 Å². The predicted molar refractivity (Wildman–Crippen MR) is 111 cm³/mol. The molecule has 0 aliphatic carbocycles. The van der Waals surface area contributed by atoms with Crippen LogP contribution in [0.15, 0.2) is 77.2 Å². The Hall–Kier alpha value is -2.75. The van der Waals surface area contributed by atoms with E-state index in [1.807, 2.05) is 42.5 Å². The van der Waals surface area contributed by atoms with Gasteiger partial charge in [0.25, 0.3) is 5.91 Å². The highest BCUT2D eigenvalue weighted by atomic mass is 35.5. The van der Waals surface area contributed by atoms with E-state index in [0.29, 0.717) is 21.4 Å². The number of amides is 1. The van der Waals surface area contributed by atoms with Gasteiger partial charge in [0, 0.05) is 23.0 Å². The molecule has 134 valence electrons. The highest BCUT2D eigenvalue weighted by Gasteiger charge is 2.20. The highest BCUT2D eigenvalue weighted by molar-refractivity contribution is 6.35. The van der Waals surface area contributed by atoms with Crippen LogP contribution >= 0.6 is 23.2 Å². The number of hydrogen-bond donors (Lipinski definition) is 0. The Morgan fingerprint density at radius 3 is 2.56 bits per heavy atom. The maximum atomic E-state index is 13.0. The zero-order chi connectivity index (χ0) is 19.0. The van der Waals surface area contributed by atoms with E-state index in [0.717, 1.165) is 16.5 Å². The molecular weight excluding hydrogens is 381 g/mol. The van der Waals surface area contributed by atoms with Gasteiger partial charge in [0.15, 0.2) is 5.76 Å². The number of anilines is 1. The van der Waals surface area contributed by atoms with Crippen LogP contribution in [0.5, 0.6) is 0 Å². The summed E-state index contributed by atoms with van der Waals surface area (Å²) in [5, 5.41) is 3.13. The van der Waals surface area contributed by atoms with E-state index >= 15 is 0 Å². The summed E-state index contributed by atoms with van der Waals surface area (Å²) in [5.74, 6) is 0.490. The largest absolute Gasteiger partial charge is 0.451 e. The van der Waals surface area contributed by atoms with E-state index in [1.54, 1.807) is 42.3 Å². The molecule has 0 bridgehead atoms. The van der Waals surface area contributed by atoms with Gasteiger partial charge in [-0.3, -0.25) is 4.79 Å². The molecule has 1 amide bonds. The third-order valence-corrected chi connectivity index (χ3v) is 5.01. The quantitative estimate of drug-likeness (QED) is 0.387. The standard InChI is InChI=1S/C22H15Cl2NO2/c1-25(19-8-4-6-14-5-2-3-7-16(14)19)22(26)21-12-11-20(27-21)17-13-15(23)9-10-18(17)24/h2-13H,1H3. The number of nitrogens with zero attached hydrogens (tertiary/aromatic N) is 1. The van der Waals surface area contributed by atoms with Gasteiger partial charge in [-0.05, 0) is 41.8 Å². The van der Waals surface area contributed by atoms with Crippen LogP contribution in [0.25, 0.3) is 22.1 Å². The fraction of sp³-hybridized carbons (Fsp3) is 0.0455. The summed E-state index contributed by atoms with van der Waals surface area (Å²) in [6.07, 6.45) is 0. The van der Waals surface area contributed by atoms with Gasteiger partial charge in [-0.15, -0.1) is 0 Å². The molecule has 3 aromatic carbocycles. The average molecular weight is 396 g/mol. The van der Waals surface area contributed by atoms with Gasteiger partial charge in [-0.2, -0.15) is 0 Å². The second-order valence-electron chi connectivity index (χ2n) is 6.15. The fourth-order valence-corrected chi connectivity index (χ4v) is 3.44. The molecular formula is C22H15Cl2NO2. The number of halogens is 2. The van der Waals surface area contributed by atoms with Gasteiger partial charge in [-0.25, -0.2) is 0 Å². The molecule has 4 rings (SSSR count). The lowest BCUT2D eigenvalue weighted by Gasteiger charge is -2.18. The van der Waals surface area contributed by atoms with Crippen LogP contribution in [-0.2, 0) is 0 Å². The molecule has 0 saturated heterocycles. The van der Waals surface area contributed by atoms with E-state index in [2.05, 4.69) is 0 Å². The number of fused-ring (bicyclic) bond motifs is 1. The van der Waals surface area contributed by atoms with Crippen molar-refractivity contribution in [3.63, 3.8) is 0 Å². The molecule has 0 aliphatic rings. The van der Waals surface area contributed by atoms with Crippen molar-refractivity contribution in [1.82, 2.24) is 0 Å². The van der Waals surface area contributed by atoms with Gasteiger partial charge in [0.05, 0.1) is 10.7 Å². The summed E-state index contributed by atoms with van der Waals surface area (Å²) in [7, 11) is 1.73. The minimum atomic E-state index is -0.240. The molecule has 0 saturated carbocycles. The SMILES string of the molecule is CN(C(=O)c1ccc(-c2cc(Cl)ccc2Cl)o1)c1cccc2ccccc12. The fourth-order valence-electron chi connectivity index (χ4n) is 3.06. The van der Waals surface area contributed by atoms with Crippen LogP contribution in [0.4, 0.5) is 5.69 Å². The molecule has 1 heterocycles. The monoisotopic (exact) mass is 395 g/mol. The predicted octanol–water partition coefficient (Wildman–Crippen LogP) is 6.68. The lowest BCUT2D eigenvalue weighted by molar-refractivity contribution is 0.0967. The van der Waals surface area contributed by atoms with E-state index in [-0.39, 0.29) is 11.7 Å². The molecule has 27 heavy (non-hydrogen) atoms. The minimum absolute atomic E-state index is 0.233. The van der Waals surface area contributed by atoms with Crippen molar-refractivity contribution in [2.45, 2.75) is 0 Å². The molecule has 0 fully saturated rings. The molecule has 0 aliphatic heterocycles. The van der Waals surface area contributed by atoms with Gasteiger partial charge in [0.1, 0.15) is 5.76 Å². The smallest absolute Gasteiger partial charge is 0.293 e. The number of carbonyl (C=O) groups is 1. The second-order valence-corrected chi connectivity index (χ2v) is 6.99. The Kier molecular flexibility index (Phi) is 4.65. The molecule has 3 nitrogen and oxygen atoms in total. The average Bonchev–Trinajstić information content (AvgIpc) is 3.18. The number of benzene rings is 3. The summed E-state index contributed by atoms with van der Waals surface area (Å²) in [6.45, 7) is 0. The first-order chi connectivity index (χ1) is 13.0. The zero-order valence-electron chi connectivity index (χ0n) is 14.4. The first kappa shape index (κ1) is 17.7. The first-order valence-corrected chi connectivity index (χ1v) is 9.11. The lowest BCUT2D eigenvalue weighted by atomic mass is 10.1. The molecule has 0 unspecified atom stereocenters. The van der Waals surface area contributed by atoms with Crippen molar-refractivity contribution in [3.05, 3.63) is 88.6 Å². The summed E-state index contributed by atoms with van der Waals surface area (Å²) in [6, 6.07) is 22.3. The number of furan rings is 1. The van der Waals surface area contributed by atoms with E-state index < -0.39 is 0 Å². The maximum absolute atomic E-state index is 13.0. The van der Waals surface area contributed by atoms with Crippen LogP contribution in [-0.4, -0.2) is 13.0 Å². The van der Waals surface area contributed by atoms with Crippen molar-refractivity contribution >= 4 is 45.6 Å². The topological polar surface area (TPSA) is 33.5 Å². The Morgan fingerprint density at radius 1 is 0.926 bits per heavy atom. The molecule has 0 atom stereocenters. The summed E-state index contributed by atoms with van der Waals surface area (Å²) >= 11 is 12.3. The molecule has 5 heteroatoms. The van der Waals surface area contributed by atoms with Crippen LogP contribution in [0.2, 0.25) is 10.0 Å². The van der Waals surface area contributed by atoms with E-state index in [1.165, 1.54) is 0 Å². The molecule has 4 aromatic rings. The number of rotatable bonds is 3. The first-order valence-electron chi connectivity index (χ1n) is 8.35. The van der Waals surface area contributed by atoms with Gasteiger partial charge in [0.2, 0.25) is 0 Å². The van der Waals surface area contributed by atoms with E-state index in [4.69, 9.17) is 27.6 Å². The lowest BCUT2D eigenvalue weighted by Crippen LogP contribution is -2.25. The van der Waals surface area contributed by atoms with Gasteiger partial charge in [-0.1, -0.05) is 59.6 Å². The van der Waals surface area contributed by atoms with Crippen molar-refractivity contribution in [3.8, 4) is 11.3 Å². The summed E-state index contributed by atoms with van der Waals surface area (Å²) in [4.78, 5) is 14.5. The van der Waals surface area contributed by atoms with Crippen LogP contribution in [0.3, 0.4) is 0 Å². The summed E-state index contributed by atoms with van der Waals surface area (Å²) in [5.41, 5.74) is 1.47. The molecule has 0 radical (unpaired) electrons. The maximum Gasteiger partial charge on any atom is 0.293 e. The normalized spacial score (nSPS) is 10.9. The third kappa shape index (κ3) is 3.32. The molecule has 0 N–H and O–H groups in total. The number of hydrogen-bond acceptors (Lipinski definition) is 2. The van der Waals surface area contributed by atoms with Gasteiger partial charge < -0.3 is 9.32 Å². The Balaban J connectivity index is 1.69. The van der Waals surface area contributed by atoms with Crippen molar-refractivity contribution in [2.24, 2.45) is 0 Å². The minimum Gasteiger partial charge on any atom is -0.451 e. The molecule has 0 spiro atoms. The van der Waals surface area contributed by atoms with Crippen LogP contribution in [0.1, 0.15) is 10.6 Å². The Morgan fingerprint density at radius 2 is 1.70 bits per heavy atom. The van der Waals surface area contributed by atoms with E-state index in [9.17, 15) is 4.79 Å². The second kappa shape index (κ2) is 7.10. The third-order valence-electron chi connectivity index (χ3n) is 4.44. The Labute approximate surface area is 166 Å². The van der Waals surface area contributed by atoms with Crippen molar-refractivity contribution < 1.29 is 9.21 Å². The highest BCUT2D eigenvalue weighted by Crippen LogP contribution is 2.33. The van der Waals surface area contributed by atoms with Crippen LogP contribution < -0.4 is 4.90 Å². The van der Waals surface area contributed by atoms with Crippen LogP contribution in [0, 0.1) is 0 Å². The Bertz CT molecular complexity index is 1140. The summed E-state index contributed by atoms with van der Waals surface area (Å²) < 4.78 is 5.79. The zero-order valence-corrected chi connectivity index (χ0v) is 16.0.